The molecule has 0 spiro atoms. The zero-order valence-corrected chi connectivity index (χ0v) is 9.67. The normalized spacial score (nSPS) is 12.8. The van der Waals surface area contributed by atoms with Crippen molar-refractivity contribution in [3.8, 4) is 0 Å². The molecule has 0 unspecified atom stereocenters. The molecule has 1 rings (SSSR count). The third-order valence-corrected chi connectivity index (χ3v) is 2.32. The highest BCUT2D eigenvalue weighted by molar-refractivity contribution is 5.87. The molecule has 0 aliphatic carbocycles. The summed E-state index contributed by atoms with van der Waals surface area (Å²) in [6.07, 6.45) is -6.09. The maximum absolute atomic E-state index is 13.3. The van der Waals surface area contributed by atoms with Crippen molar-refractivity contribution in [3.05, 3.63) is 35.4 Å². The van der Waals surface area contributed by atoms with Gasteiger partial charge in [-0.15, -0.1) is 0 Å². The van der Waals surface area contributed by atoms with Gasteiger partial charge in [-0.05, 0) is 11.6 Å². The van der Waals surface area contributed by atoms with Crippen LogP contribution in [0.1, 0.15) is 5.56 Å². The van der Waals surface area contributed by atoms with Crippen LogP contribution in [0, 0.1) is 11.6 Å². The quantitative estimate of drug-likeness (QED) is 0.830. The number of alkyl halides is 3. The largest absolute Gasteiger partial charge is 0.480 e. The summed E-state index contributed by atoms with van der Waals surface area (Å²) in [4.78, 5) is 21.4. The maximum atomic E-state index is 13.3. The van der Waals surface area contributed by atoms with Crippen molar-refractivity contribution in [2.45, 2.75) is 18.6 Å². The predicted molar refractivity (Wildman–Crippen MR) is 55.7 cm³/mol. The Balaban J connectivity index is 2.91. The van der Waals surface area contributed by atoms with Crippen molar-refractivity contribution >= 4 is 11.9 Å². The number of hydrogen-bond donors (Lipinski definition) is 2. The van der Waals surface area contributed by atoms with Gasteiger partial charge in [0.25, 0.3) is 0 Å². The highest BCUT2D eigenvalue weighted by atomic mass is 19.4. The van der Waals surface area contributed by atoms with Crippen molar-refractivity contribution < 1.29 is 36.6 Å². The van der Waals surface area contributed by atoms with Crippen LogP contribution < -0.4 is 5.32 Å². The second-order valence-electron chi connectivity index (χ2n) is 3.78. The first-order valence-corrected chi connectivity index (χ1v) is 5.16. The number of amides is 1. The van der Waals surface area contributed by atoms with E-state index < -0.39 is 47.7 Å². The van der Waals surface area contributed by atoms with Gasteiger partial charge in [-0.3, -0.25) is 4.79 Å². The Kier molecular flexibility index (Phi) is 4.64. The van der Waals surface area contributed by atoms with Crippen LogP contribution in [0.4, 0.5) is 22.0 Å². The minimum absolute atomic E-state index is 0.458. The van der Waals surface area contributed by atoms with E-state index in [1.165, 1.54) is 5.32 Å². The average molecular weight is 297 g/mol. The lowest BCUT2D eigenvalue weighted by Gasteiger charge is -2.16. The highest BCUT2D eigenvalue weighted by Crippen LogP contribution is 2.17. The summed E-state index contributed by atoms with van der Waals surface area (Å²) >= 11 is 0. The van der Waals surface area contributed by atoms with Gasteiger partial charge in [0.2, 0.25) is 0 Å². The van der Waals surface area contributed by atoms with Gasteiger partial charge in [0.1, 0.15) is 6.04 Å². The van der Waals surface area contributed by atoms with Crippen molar-refractivity contribution in [2.75, 3.05) is 0 Å². The van der Waals surface area contributed by atoms with E-state index in [4.69, 9.17) is 5.11 Å². The monoisotopic (exact) mass is 297 g/mol. The van der Waals surface area contributed by atoms with E-state index >= 15 is 0 Å². The van der Waals surface area contributed by atoms with E-state index in [9.17, 15) is 31.5 Å². The molecule has 1 aromatic carbocycles. The first-order chi connectivity index (χ1) is 9.12. The molecule has 0 saturated carbocycles. The molecule has 0 fully saturated rings. The van der Waals surface area contributed by atoms with E-state index in [0.29, 0.717) is 0 Å². The van der Waals surface area contributed by atoms with Gasteiger partial charge >= 0.3 is 18.1 Å². The third-order valence-electron chi connectivity index (χ3n) is 2.32. The van der Waals surface area contributed by atoms with E-state index in [0.717, 1.165) is 18.2 Å². The molecule has 0 heterocycles. The summed E-state index contributed by atoms with van der Waals surface area (Å²) in [5.41, 5.74) is -0.458. The lowest BCUT2D eigenvalue weighted by Crippen LogP contribution is -2.48. The van der Waals surface area contributed by atoms with Gasteiger partial charge in [0.15, 0.2) is 11.6 Å². The number of carbonyl (C=O) groups is 2. The molecule has 0 radical (unpaired) electrons. The predicted octanol–water partition coefficient (Wildman–Crippen LogP) is 1.64. The molecule has 0 aliphatic rings. The molecule has 0 bridgehead atoms. The molecule has 110 valence electrons. The van der Waals surface area contributed by atoms with Crippen LogP contribution in [0.3, 0.4) is 0 Å². The molecule has 0 aromatic heterocycles. The molecule has 9 heteroatoms. The lowest BCUT2D eigenvalue weighted by atomic mass is 10.1. The molecule has 0 aliphatic heterocycles. The SMILES string of the molecule is O=C(O)[C@H](Cc1cccc(F)c1F)NC(=O)C(F)(F)F. The van der Waals surface area contributed by atoms with E-state index in [-0.39, 0.29) is 0 Å². The lowest BCUT2D eigenvalue weighted by molar-refractivity contribution is -0.175. The molecule has 4 nitrogen and oxygen atoms in total. The van der Waals surface area contributed by atoms with E-state index in [1.54, 1.807) is 0 Å². The van der Waals surface area contributed by atoms with Gasteiger partial charge < -0.3 is 10.4 Å². The Morgan fingerprint density at radius 2 is 1.85 bits per heavy atom. The van der Waals surface area contributed by atoms with Crippen molar-refractivity contribution in [3.63, 3.8) is 0 Å². The van der Waals surface area contributed by atoms with Crippen LogP contribution in [-0.4, -0.2) is 29.2 Å². The third kappa shape index (κ3) is 3.90. The fourth-order valence-corrected chi connectivity index (χ4v) is 1.37. The molecule has 1 atom stereocenters. The number of carboxylic acids is 1. The van der Waals surface area contributed by atoms with Gasteiger partial charge in [-0.2, -0.15) is 13.2 Å². The Morgan fingerprint density at radius 1 is 1.25 bits per heavy atom. The van der Waals surface area contributed by atoms with Crippen LogP contribution in [-0.2, 0) is 16.0 Å². The number of carboxylic acid groups (broad SMARTS) is 1. The fraction of sp³-hybridized carbons (Fsp3) is 0.273. The molecule has 1 amide bonds. The number of carbonyl (C=O) groups excluding carboxylic acids is 1. The first-order valence-electron chi connectivity index (χ1n) is 5.16. The highest BCUT2D eigenvalue weighted by Gasteiger charge is 2.41. The van der Waals surface area contributed by atoms with Gasteiger partial charge in [-0.1, -0.05) is 12.1 Å². The summed E-state index contributed by atoms with van der Waals surface area (Å²) in [5.74, 6) is -6.92. The Bertz CT molecular complexity index is 529. The minimum Gasteiger partial charge on any atom is -0.480 e. The molecule has 2 N–H and O–H groups in total. The second-order valence-corrected chi connectivity index (χ2v) is 3.78. The first kappa shape index (κ1) is 15.9. The summed E-state index contributed by atoms with van der Waals surface area (Å²) in [5, 5.41) is 9.91. The van der Waals surface area contributed by atoms with Gasteiger partial charge in [0, 0.05) is 6.42 Å². The van der Waals surface area contributed by atoms with Crippen LogP contribution in [0.15, 0.2) is 18.2 Å². The Hall–Kier alpha value is -2.19. The van der Waals surface area contributed by atoms with Crippen LogP contribution in [0.2, 0.25) is 0 Å². The number of rotatable bonds is 4. The molecular weight excluding hydrogens is 289 g/mol. The topological polar surface area (TPSA) is 66.4 Å². The van der Waals surface area contributed by atoms with Gasteiger partial charge in [0.05, 0.1) is 0 Å². The van der Waals surface area contributed by atoms with Crippen LogP contribution in [0.5, 0.6) is 0 Å². The molecule has 0 saturated heterocycles. The molecule has 1 aromatic rings. The summed E-state index contributed by atoms with van der Waals surface area (Å²) < 4.78 is 62.2. The standard InChI is InChI=1S/C11H8F5NO3/c12-6-3-1-2-5(8(6)13)4-7(9(18)19)17-10(20)11(14,15)16/h1-3,7H,4H2,(H,17,20)(H,18,19)/t7-/m0/s1. The number of halogens is 5. The van der Waals surface area contributed by atoms with Crippen molar-refractivity contribution in [2.24, 2.45) is 0 Å². The van der Waals surface area contributed by atoms with Crippen LogP contribution >= 0.6 is 0 Å². The number of hydrogen-bond acceptors (Lipinski definition) is 2. The minimum atomic E-state index is -5.27. The maximum Gasteiger partial charge on any atom is 0.471 e. The zero-order chi connectivity index (χ0) is 15.5. The molecule has 20 heavy (non-hydrogen) atoms. The summed E-state index contributed by atoms with van der Waals surface area (Å²) in [6, 6.07) is 0.815. The summed E-state index contributed by atoms with van der Waals surface area (Å²) in [7, 11) is 0. The smallest absolute Gasteiger partial charge is 0.471 e. The number of benzene rings is 1. The summed E-state index contributed by atoms with van der Waals surface area (Å²) in [6.45, 7) is 0. The Labute approximate surface area is 109 Å². The molecular formula is C11H8F5NO3. The number of aliphatic carboxylic acids is 1. The number of nitrogens with one attached hydrogen (secondary N) is 1. The van der Waals surface area contributed by atoms with E-state index in [1.807, 2.05) is 0 Å². The Morgan fingerprint density at radius 3 is 2.35 bits per heavy atom. The van der Waals surface area contributed by atoms with Gasteiger partial charge in [-0.25, -0.2) is 13.6 Å². The zero-order valence-electron chi connectivity index (χ0n) is 9.67. The second kappa shape index (κ2) is 5.85. The van der Waals surface area contributed by atoms with E-state index in [2.05, 4.69) is 0 Å². The van der Waals surface area contributed by atoms with Crippen LogP contribution in [0.25, 0.3) is 0 Å². The average Bonchev–Trinajstić information content (AvgIpc) is 2.32. The van der Waals surface area contributed by atoms with Crippen molar-refractivity contribution in [1.29, 1.82) is 0 Å². The fourth-order valence-electron chi connectivity index (χ4n) is 1.37. The van der Waals surface area contributed by atoms with Crippen molar-refractivity contribution in [1.82, 2.24) is 5.32 Å².